The average Bonchev–Trinajstić information content (AvgIpc) is 2.88. The molecule has 0 aromatic carbocycles. The van der Waals surface area contributed by atoms with E-state index in [-0.39, 0.29) is 33.5 Å². The van der Waals surface area contributed by atoms with Crippen LogP contribution in [0.1, 0.15) is 108 Å². The largest absolute Gasteiger partial charge is 0.242 e. The van der Waals surface area contributed by atoms with E-state index >= 15 is 4.39 Å². The van der Waals surface area contributed by atoms with E-state index < -0.39 is 11.1 Å². The highest BCUT2D eigenvalue weighted by atomic mass is 19.1. The number of fused-ring (bicyclic) bond motifs is 5. The fourth-order valence-corrected chi connectivity index (χ4v) is 11.4. The monoisotopic (exact) mass is 454 g/mol. The van der Waals surface area contributed by atoms with Gasteiger partial charge in [-0.3, -0.25) is 0 Å². The molecule has 0 radical (unpaired) electrons. The van der Waals surface area contributed by atoms with Crippen molar-refractivity contribution in [1.29, 1.82) is 0 Å². The number of alkyl halides is 1. The molecule has 1 heteroatoms. The summed E-state index contributed by atoms with van der Waals surface area (Å²) in [5.74, 6) is 5.46. The van der Waals surface area contributed by atoms with Gasteiger partial charge in [-0.15, -0.1) is 12.3 Å². The van der Waals surface area contributed by atoms with Crippen LogP contribution in [-0.2, 0) is 0 Å². The second-order valence-electron chi connectivity index (χ2n) is 14.3. The van der Waals surface area contributed by atoms with Gasteiger partial charge in [-0.05, 0) is 77.9 Å². The Morgan fingerprint density at radius 2 is 1.58 bits per heavy atom. The molecular weight excluding hydrogens is 403 g/mol. The Kier molecular flexibility index (Phi) is 5.66. The molecule has 0 bridgehead atoms. The first kappa shape index (κ1) is 25.3. The van der Waals surface area contributed by atoms with E-state index in [1.165, 1.54) is 12.8 Å². The predicted molar refractivity (Wildman–Crippen MR) is 139 cm³/mol. The van der Waals surface area contributed by atoms with E-state index in [1.54, 1.807) is 0 Å². The van der Waals surface area contributed by atoms with Gasteiger partial charge in [-0.2, -0.15) is 0 Å². The molecule has 12 unspecified atom stereocenters. The topological polar surface area (TPSA) is 0 Å². The van der Waals surface area contributed by atoms with Crippen LogP contribution in [0.3, 0.4) is 0 Å². The minimum Gasteiger partial charge on any atom is -0.242 e. The second-order valence-corrected chi connectivity index (χ2v) is 14.3. The maximum Gasteiger partial charge on any atom is 0.128 e. The fourth-order valence-electron chi connectivity index (χ4n) is 11.4. The molecule has 3 fully saturated rings. The molecule has 0 aliphatic heterocycles. The van der Waals surface area contributed by atoms with Crippen molar-refractivity contribution in [3.63, 3.8) is 0 Å². The van der Waals surface area contributed by atoms with Crippen molar-refractivity contribution in [3.8, 4) is 12.3 Å². The predicted octanol–water partition coefficient (Wildman–Crippen LogP) is 9.11. The quantitative estimate of drug-likeness (QED) is 0.288. The van der Waals surface area contributed by atoms with Crippen molar-refractivity contribution in [2.75, 3.05) is 0 Å². The van der Waals surface area contributed by atoms with Crippen LogP contribution in [0.25, 0.3) is 0 Å². The minimum atomic E-state index is -1.21. The summed E-state index contributed by atoms with van der Waals surface area (Å²) in [5.41, 5.74) is -2.07. The SMILES string of the molecule is C#CC(C)C1(C)C(C)CC2(C)C1(C)CC(C)C1(F)C3(C)C=CCC(CC)CC3C(C)CC21C. The summed E-state index contributed by atoms with van der Waals surface area (Å²) < 4.78 is 18.5. The van der Waals surface area contributed by atoms with Gasteiger partial charge in [0.15, 0.2) is 0 Å². The first-order valence-corrected chi connectivity index (χ1v) is 14.0. The minimum absolute atomic E-state index is 0.0120. The lowest BCUT2D eigenvalue weighted by Crippen LogP contribution is -2.75. The third-order valence-electron chi connectivity index (χ3n) is 13.8. The molecule has 0 nitrogen and oxygen atoms in total. The van der Waals surface area contributed by atoms with Crippen LogP contribution in [0.5, 0.6) is 0 Å². The third-order valence-corrected chi connectivity index (χ3v) is 13.8. The highest BCUT2D eigenvalue weighted by molar-refractivity contribution is 5.33. The summed E-state index contributed by atoms with van der Waals surface area (Å²) in [6.07, 6.45) is 17.3. The van der Waals surface area contributed by atoms with E-state index in [0.717, 1.165) is 25.7 Å². The second kappa shape index (κ2) is 7.37. The van der Waals surface area contributed by atoms with Gasteiger partial charge in [0.2, 0.25) is 0 Å². The van der Waals surface area contributed by atoms with Gasteiger partial charge >= 0.3 is 0 Å². The Morgan fingerprint density at radius 3 is 2.15 bits per heavy atom. The summed E-state index contributed by atoms with van der Waals surface area (Å²) in [6.45, 7) is 23.8. The van der Waals surface area contributed by atoms with Gasteiger partial charge < -0.3 is 0 Å². The number of terminal acetylenes is 1. The van der Waals surface area contributed by atoms with E-state index in [1.807, 2.05) is 0 Å². The zero-order valence-electron chi connectivity index (χ0n) is 23.3. The maximum atomic E-state index is 18.5. The van der Waals surface area contributed by atoms with Gasteiger partial charge in [0.25, 0.3) is 0 Å². The Labute approximate surface area is 205 Å². The Morgan fingerprint density at radius 1 is 0.970 bits per heavy atom. The van der Waals surface area contributed by atoms with Crippen LogP contribution in [0.2, 0.25) is 0 Å². The Bertz CT molecular complexity index is 866. The van der Waals surface area contributed by atoms with Crippen LogP contribution in [0.4, 0.5) is 4.39 Å². The van der Waals surface area contributed by atoms with Gasteiger partial charge in [0.1, 0.15) is 5.67 Å². The summed E-state index contributed by atoms with van der Waals surface area (Å²) in [7, 11) is 0. The number of allylic oxidation sites excluding steroid dienone is 2. The molecule has 4 aliphatic rings. The molecule has 186 valence electrons. The fraction of sp³-hybridized carbons (Fsp3) is 0.875. The number of rotatable bonds is 2. The normalized spacial score (nSPS) is 59.0. The third kappa shape index (κ3) is 2.55. The molecule has 0 spiro atoms. The van der Waals surface area contributed by atoms with E-state index in [4.69, 9.17) is 6.42 Å². The summed E-state index contributed by atoms with van der Waals surface area (Å²) in [6, 6.07) is 0. The Balaban J connectivity index is 1.95. The maximum absolute atomic E-state index is 18.5. The molecule has 12 atom stereocenters. The number of hydrogen-bond acceptors (Lipinski definition) is 0. The van der Waals surface area contributed by atoms with E-state index in [0.29, 0.717) is 23.7 Å². The van der Waals surface area contributed by atoms with Crippen molar-refractivity contribution in [2.45, 2.75) is 113 Å². The highest BCUT2D eigenvalue weighted by Crippen LogP contribution is 2.84. The average molecular weight is 455 g/mol. The molecule has 0 N–H and O–H groups in total. The van der Waals surface area contributed by atoms with E-state index in [2.05, 4.69) is 87.3 Å². The van der Waals surface area contributed by atoms with Crippen molar-refractivity contribution < 1.29 is 4.39 Å². The van der Waals surface area contributed by atoms with Crippen LogP contribution in [-0.4, -0.2) is 5.67 Å². The van der Waals surface area contributed by atoms with Crippen molar-refractivity contribution in [2.24, 2.45) is 62.6 Å². The summed E-state index contributed by atoms with van der Waals surface area (Å²) in [4.78, 5) is 0. The molecule has 0 saturated heterocycles. The zero-order valence-corrected chi connectivity index (χ0v) is 23.3. The highest BCUT2D eigenvalue weighted by Gasteiger charge is 2.82. The van der Waals surface area contributed by atoms with Crippen LogP contribution in [0.15, 0.2) is 12.2 Å². The number of halogens is 1. The smallest absolute Gasteiger partial charge is 0.128 e. The first-order chi connectivity index (χ1) is 15.1. The van der Waals surface area contributed by atoms with Gasteiger partial charge in [-0.25, -0.2) is 4.39 Å². The summed E-state index contributed by atoms with van der Waals surface area (Å²) >= 11 is 0. The molecule has 4 aliphatic carbocycles. The standard InChI is InChI=1S/C32H51F/c1-12-22(4)31(11)23(5)19-28(8)29(31,9)20-24(6)32(33)27(7)16-14-15-25(13-2)17-26(27)21(3)18-30(28,32)10/h1,14,16,21-26H,13,15,17-20H2,2-11H3. The molecule has 0 amide bonds. The van der Waals surface area contributed by atoms with Crippen molar-refractivity contribution in [1.82, 2.24) is 0 Å². The van der Waals surface area contributed by atoms with Gasteiger partial charge in [0, 0.05) is 16.7 Å². The molecular formula is C32H51F. The number of hydrogen-bond donors (Lipinski definition) is 0. The molecule has 0 aromatic rings. The zero-order chi connectivity index (χ0) is 24.8. The van der Waals surface area contributed by atoms with Crippen LogP contribution >= 0.6 is 0 Å². The van der Waals surface area contributed by atoms with Crippen LogP contribution < -0.4 is 0 Å². The van der Waals surface area contributed by atoms with Gasteiger partial charge in [0.05, 0.1) is 0 Å². The molecule has 3 saturated carbocycles. The lowest BCUT2D eigenvalue weighted by molar-refractivity contribution is -0.297. The van der Waals surface area contributed by atoms with Crippen LogP contribution in [0, 0.1) is 74.9 Å². The van der Waals surface area contributed by atoms with Gasteiger partial charge in [-0.1, -0.05) is 87.8 Å². The summed E-state index contributed by atoms with van der Waals surface area (Å²) in [5, 5.41) is 0. The Hall–Kier alpha value is -0.770. The lowest BCUT2D eigenvalue weighted by atomic mass is 9.30. The van der Waals surface area contributed by atoms with E-state index in [9.17, 15) is 0 Å². The first-order valence-electron chi connectivity index (χ1n) is 14.0. The lowest BCUT2D eigenvalue weighted by Gasteiger charge is -2.75. The molecule has 0 heterocycles. The molecule has 4 rings (SSSR count). The molecule has 0 aromatic heterocycles. The van der Waals surface area contributed by atoms with Crippen molar-refractivity contribution >= 4 is 0 Å². The van der Waals surface area contributed by atoms with Crippen molar-refractivity contribution in [3.05, 3.63) is 12.2 Å². The molecule has 33 heavy (non-hydrogen) atoms.